The zero-order valence-electron chi connectivity index (χ0n) is 13.1. The summed E-state index contributed by atoms with van der Waals surface area (Å²) in [6.07, 6.45) is 0.637. The minimum Gasteiger partial charge on any atom is -0.497 e. The van der Waals surface area contributed by atoms with Crippen LogP contribution in [0.1, 0.15) is 38.2 Å². The number of ether oxygens (including phenoxy) is 2. The second-order valence-electron chi connectivity index (χ2n) is 5.83. The van der Waals surface area contributed by atoms with Crippen molar-refractivity contribution in [2.45, 2.75) is 38.1 Å². The fourth-order valence-corrected chi connectivity index (χ4v) is 3.24. The average molecular weight is 307 g/mol. The Kier molecular flexibility index (Phi) is 4.68. The molecule has 1 aromatic carbocycles. The molecule has 0 aromatic heterocycles. The van der Waals surface area contributed by atoms with Gasteiger partial charge in [0.1, 0.15) is 5.75 Å². The average Bonchev–Trinajstić information content (AvgIpc) is 2.87. The lowest BCUT2D eigenvalue weighted by Crippen LogP contribution is -2.37. The van der Waals surface area contributed by atoms with Gasteiger partial charge < -0.3 is 9.47 Å². The molecule has 2 rings (SSSR count). The van der Waals surface area contributed by atoms with Crippen LogP contribution < -0.4 is 4.74 Å². The zero-order valence-corrected chi connectivity index (χ0v) is 13.1. The molecule has 6 nitrogen and oxygen atoms in total. The van der Waals surface area contributed by atoms with Crippen molar-refractivity contribution in [3.63, 3.8) is 0 Å². The Morgan fingerprint density at radius 1 is 1.41 bits per heavy atom. The predicted molar refractivity (Wildman–Crippen MR) is 80.5 cm³/mol. The first-order valence-corrected chi connectivity index (χ1v) is 7.37. The summed E-state index contributed by atoms with van der Waals surface area (Å²) in [6, 6.07) is 7.23. The first-order valence-electron chi connectivity index (χ1n) is 7.37. The molecule has 0 amide bonds. The lowest BCUT2D eigenvalue weighted by molar-refractivity contribution is -0.567. The summed E-state index contributed by atoms with van der Waals surface area (Å²) < 4.78 is 10.2. The minimum atomic E-state index is -1.16. The second kappa shape index (κ2) is 6.34. The number of hydrogen-bond acceptors (Lipinski definition) is 5. The van der Waals surface area contributed by atoms with Gasteiger partial charge in [-0.25, -0.2) is 0 Å². The van der Waals surface area contributed by atoms with Gasteiger partial charge in [0.2, 0.25) is 5.54 Å². The number of nitrogens with zero attached hydrogens (tertiary/aromatic N) is 1. The SMILES string of the molecule is CCOC(=O)C1C[C@@H](c2ccc(OC)cc2)[C@](C)([N+](=O)[O-])C1. The van der Waals surface area contributed by atoms with Gasteiger partial charge >= 0.3 is 5.97 Å². The molecule has 3 atom stereocenters. The molecule has 0 heterocycles. The van der Waals surface area contributed by atoms with Crippen LogP contribution >= 0.6 is 0 Å². The van der Waals surface area contributed by atoms with E-state index in [1.165, 1.54) is 0 Å². The van der Waals surface area contributed by atoms with Crippen molar-refractivity contribution in [2.24, 2.45) is 5.92 Å². The second-order valence-corrected chi connectivity index (χ2v) is 5.83. The Morgan fingerprint density at radius 2 is 2.05 bits per heavy atom. The van der Waals surface area contributed by atoms with Gasteiger partial charge in [-0.2, -0.15) is 0 Å². The van der Waals surface area contributed by atoms with Crippen molar-refractivity contribution in [1.29, 1.82) is 0 Å². The standard InChI is InChI=1S/C16H21NO5/c1-4-22-15(18)12-9-14(16(2,10-12)17(19)20)11-5-7-13(21-3)8-6-11/h5-8,12,14H,4,9-10H2,1-3H3/t12?,14-,16+/m0/s1. The van der Waals surface area contributed by atoms with Crippen LogP contribution in [0.5, 0.6) is 5.75 Å². The van der Waals surface area contributed by atoms with Crippen molar-refractivity contribution < 1.29 is 19.2 Å². The molecule has 120 valence electrons. The third kappa shape index (κ3) is 2.91. The van der Waals surface area contributed by atoms with Crippen LogP contribution in [0.3, 0.4) is 0 Å². The molecule has 1 aliphatic rings. The van der Waals surface area contributed by atoms with E-state index >= 15 is 0 Å². The molecule has 1 aromatic rings. The smallest absolute Gasteiger partial charge is 0.309 e. The first kappa shape index (κ1) is 16.3. The normalized spacial score (nSPS) is 27.4. The summed E-state index contributed by atoms with van der Waals surface area (Å²) in [4.78, 5) is 23.3. The fourth-order valence-electron chi connectivity index (χ4n) is 3.24. The molecule has 0 saturated heterocycles. The van der Waals surface area contributed by atoms with E-state index in [2.05, 4.69) is 0 Å². The summed E-state index contributed by atoms with van der Waals surface area (Å²) >= 11 is 0. The van der Waals surface area contributed by atoms with Crippen LogP contribution in [0.2, 0.25) is 0 Å². The van der Waals surface area contributed by atoms with Gasteiger partial charge in [-0.15, -0.1) is 0 Å². The summed E-state index contributed by atoms with van der Waals surface area (Å²) in [6.45, 7) is 3.64. The quantitative estimate of drug-likeness (QED) is 0.475. The first-order chi connectivity index (χ1) is 10.4. The third-order valence-electron chi connectivity index (χ3n) is 4.49. The lowest BCUT2D eigenvalue weighted by atomic mass is 9.84. The van der Waals surface area contributed by atoms with Crippen LogP contribution in [-0.2, 0) is 9.53 Å². The molecule has 1 saturated carbocycles. The van der Waals surface area contributed by atoms with E-state index in [1.54, 1.807) is 33.1 Å². The van der Waals surface area contributed by atoms with Crippen molar-refractivity contribution in [3.8, 4) is 5.75 Å². The number of benzene rings is 1. The molecule has 1 aliphatic carbocycles. The molecule has 0 spiro atoms. The fraction of sp³-hybridized carbons (Fsp3) is 0.562. The molecule has 0 radical (unpaired) electrons. The Labute approximate surface area is 129 Å². The molecule has 6 heteroatoms. The highest BCUT2D eigenvalue weighted by Gasteiger charge is 2.56. The van der Waals surface area contributed by atoms with E-state index in [0.29, 0.717) is 12.2 Å². The van der Waals surface area contributed by atoms with Gasteiger partial charge in [-0.05, 0) is 31.0 Å². The van der Waals surface area contributed by atoms with Gasteiger partial charge in [0.15, 0.2) is 0 Å². The number of methoxy groups -OCH3 is 1. The summed E-state index contributed by atoms with van der Waals surface area (Å²) in [5, 5.41) is 11.6. The number of esters is 1. The van der Waals surface area contributed by atoms with E-state index in [9.17, 15) is 14.9 Å². The van der Waals surface area contributed by atoms with Crippen LogP contribution in [-0.4, -0.2) is 30.1 Å². The van der Waals surface area contributed by atoms with Crippen molar-refractivity contribution >= 4 is 5.97 Å². The number of carbonyl (C=O) groups is 1. The van der Waals surface area contributed by atoms with Gasteiger partial charge in [0.05, 0.1) is 25.6 Å². The maximum Gasteiger partial charge on any atom is 0.309 e. The lowest BCUT2D eigenvalue weighted by Gasteiger charge is -2.23. The number of hydrogen-bond donors (Lipinski definition) is 0. The van der Waals surface area contributed by atoms with E-state index in [1.807, 2.05) is 12.1 Å². The van der Waals surface area contributed by atoms with Gasteiger partial charge in [0, 0.05) is 18.3 Å². The highest BCUT2D eigenvalue weighted by Crippen LogP contribution is 2.48. The zero-order chi connectivity index (χ0) is 16.3. The summed E-state index contributed by atoms with van der Waals surface area (Å²) in [7, 11) is 1.57. The number of nitro groups is 1. The monoisotopic (exact) mass is 307 g/mol. The molecule has 1 fully saturated rings. The van der Waals surface area contributed by atoms with Gasteiger partial charge in [0.25, 0.3) is 0 Å². The Bertz CT molecular complexity index is 556. The number of carbonyl (C=O) groups excluding carboxylic acids is 1. The maximum absolute atomic E-state index is 12.0. The molecule has 0 N–H and O–H groups in total. The van der Waals surface area contributed by atoms with Crippen molar-refractivity contribution in [3.05, 3.63) is 39.9 Å². The van der Waals surface area contributed by atoms with E-state index in [4.69, 9.17) is 9.47 Å². The molecule has 22 heavy (non-hydrogen) atoms. The van der Waals surface area contributed by atoms with Crippen LogP contribution in [0.4, 0.5) is 0 Å². The maximum atomic E-state index is 12.0. The topological polar surface area (TPSA) is 78.7 Å². The van der Waals surface area contributed by atoms with Crippen molar-refractivity contribution in [2.75, 3.05) is 13.7 Å². The van der Waals surface area contributed by atoms with Gasteiger partial charge in [-0.3, -0.25) is 14.9 Å². The van der Waals surface area contributed by atoms with Gasteiger partial charge in [-0.1, -0.05) is 12.1 Å². The highest BCUT2D eigenvalue weighted by molar-refractivity contribution is 5.73. The van der Waals surface area contributed by atoms with E-state index in [-0.39, 0.29) is 29.8 Å². The Morgan fingerprint density at radius 3 is 2.55 bits per heavy atom. The van der Waals surface area contributed by atoms with E-state index < -0.39 is 11.5 Å². The van der Waals surface area contributed by atoms with E-state index in [0.717, 1.165) is 5.56 Å². The summed E-state index contributed by atoms with van der Waals surface area (Å²) in [5.41, 5.74) is -0.307. The molecule has 0 aliphatic heterocycles. The molecule has 0 bridgehead atoms. The van der Waals surface area contributed by atoms with Crippen LogP contribution in [0.15, 0.2) is 24.3 Å². The van der Waals surface area contributed by atoms with Crippen molar-refractivity contribution in [1.82, 2.24) is 0 Å². The Hall–Kier alpha value is -2.11. The predicted octanol–water partition coefficient (Wildman–Crippen LogP) is 2.79. The highest BCUT2D eigenvalue weighted by atomic mass is 16.6. The Balaban J connectivity index is 2.29. The molecular formula is C16H21NO5. The molecular weight excluding hydrogens is 286 g/mol. The van der Waals surface area contributed by atoms with Crippen LogP contribution in [0, 0.1) is 16.0 Å². The largest absolute Gasteiger partial charge is 0.497 e. The minimum absolute atomic E-state index is 0.204. The third-order valence-corrected chi connectivity index (χ3v) is 4.49. The molecule has 1 unspecified atom stereocenters. The summed E-state index contributed by atoms with van der Waals surface area (Å²) in [5.74, 6) is -0.386. The number of rotatable bonds is 5. The van der Waals surface area contributed by atoms with Crippen LogP contribution in [0.25, 0.3) is 0 Å².